The van der Waals surface area contributed by atoms with Crippen LogP contribution in [-0.4, -0.2) is 9.78 Å². The van der Waals surface area contributed by atoms with Crippen molar-refractivity contribution in [3.05, 3.63) is 51.3 Å². The molecule has 0 fully saturated rings. The van der Waals surface area contributed by atoms with Crippen LogP contribution in [0.25, 0.3) is 0 Å². The van der Waals surface area contributed by atoms with Crippen LogP contribution in [-0.2, 0) is 19.5 Å². The van der Waals surface area contributed by atoms with E-state index in [4.69, 9.17) is 0 Å². The Morgan fingerprint density at radius 2 is 1.90 bits per heavy atom. The molecule has 0 spiro atoms. The molecule has 0 saturated heterocycles. The number of halogens is 1. The van der Waals surface area contributed by atoms with Crippen LogP contribution in [0.15, 0.2) is 28.7 Å². The van der Waals surface area contributed by atoms with Crippen molar-refractivity contribution in [3.8, 4) is 0 Å². The average Bonchev–Trinajstić information content (AvgIpc) is 2.81. The zero-order valence-electron chi connectivity index (χ0n) is 13.3. The summed E-state index contributed by atoms with van der Waals surface area (Å²) >= 11 is 3.70. The number of nitrogens with zero attached hydrogens (tertiary/aromatic N) is 2. The number of rotatable bonds is 6. The topological polar surface area (TPSA) is 29.9 Å². The molecule has 1 heterocycles. The minimum atomic E-state index is 0.322. The summed E-state index contributed by atoms with van der Waals surface area (Å²) in [5.41, 5.74) is 4.98. The van der Waals surface area contributed by atoms with Gasteiger partial charge in [-0.3, -0.25) is 4.68 Å². The summed E-state index contributed by atoms with van der Waals surface area (Å²) in [7, 11) is 0. The molecule has 1 atom stereocenters. The number of aryl methyl sites for hydroxylation is 3. The summed E-state index contributed by atoms with van der Waals surface area (Å²) in [4.78, 5) is 0. The molecule has 0 aliphatic carbocycles. The monoisotopic (exact) mass is 349 g/mol. The fourth-order valence-electron chi connectivity index (χ4n) is 2.41. The Hall–Kier alpha value is -1.13. The third-order valence-corrected chi connectivity index (χ3v) is 4.76. The Kier molecular flexibility index (Phi) is 5.59. The molecule has 2 rings (SSSR count). The molecule has 0 bridgehead atoms. The van der Waals surface area contributed by atoms with Gasteiger partial charge in [-0.15, -0.1) is 0 Å². The van der Waals surface area contributed by atoms with E-state index >= 15 is 0 Å². The summed E-state index contributed by atoms with van der Waals surface area (Å²) in [6, 6.07) is 9.03. The Balaban J connectivity index is 2.09. The highest BCUT2D eigenvalue weighted by molar-refractivity contribution is 9.10. The van der Waals surface area contributed by atoms with Gasteiger partial charge in [0, 0.05) is 19.1 Å². The molecule has 0 unspecified atom stereocenters. The van der Waals surface area contributed by atoms with Crippen molar-refractivity contribution in [2.24, 2.45) is 0 Å². The standard InChI is InChI=1S/C17H24BrN3/c1-5-15-17(18)16(21(6-2)20-15)11-19-13(4)14-9-7-12(3)8-10-14/h7-10,13,19H,5-6,11H2,1-4H3/t13-/m0/s1. The summed E-state index contributed by atoms with van der Waals surface area (Å²) < 4.78 is 3.23. The highest BCUT2D eigenvalue weighted by atomic mass is 79.9. The minimum absolute atomic E-state index is 0.322. The quantitative estimate of drug-likeness (QED) is 0.838. The molecule has 0 aliphatic rings. The average molecular weight is 350 g/mol. The number of aromatic nitrogens is 2. The van der Waals surface area contributed by atoms with Crippen LogP contribution in [0.1, 0.15) is 49.3 Å². The first-order chi connectivity index (χ1) is 10.1. The van der Waals surface area contributed by atoms with Crippen LogP contribution in [0.5, 0.6) is 0 Å². The van der Waals surface area contributed by atoms with Crippen molar-refractivity contribution < 1.29 is 0 Å². The fourth-order valence-corrected chi connectivity index (χ4v) is 3.11. The predicted octanol–water partition coefficient (Wildman–Crippen LogP) is 4.39. The van der Waals surface area contributed by atoms with E-state index in [2.05, 4.69) is 83.0 Å². The molecule has 2 aromatic rings. The molecule has 1 aromatic carbocycles. The van der Waals surface area contributed by atoms with Gasteiger partial charge in [0.15, 0.2) is 0 Å². The lowest BCUT2D eigenvalue weighted by molar-refractivity contribution is 0.529. The van der Waals surface area contributed by atoms with Gasteiger partial charge in [-0.25, -0.2) is 0 Å². The van der Waals surface area contributed by atoms with Gasteiger partial charge in [-0.1, -0.05) is 36.8 Å². The van der Waals surface area contributed by atoms with E-state index < -0.39 is 0 Å². The van der Waals surface area contributed by atoms with E-state index in [1.165, 1.54) is 16.8 Å². The van der Waals surface area contributed by atoms with E-state index in [0.717, 1.165) is 29.7 Å². The Labute approximate surface area is 135 Å². The zero-order valence-corrected chi connectivity index (χ0v) is 14.9. The maximum absolute atomic E-state index is 4.64. The molecule has 1 N–H and O–H groups in total. The lowest BCUT2D eigenvalue weighted by Crippen LogP contribution is -2.20. The van der Waals surface area contributed by atoms with Crippen molar-refractivity contribution in [2.45, 2.75) is 53.2 Å². The SMILES string of the molecule is CCc1nn(CC)c(CN[C@@H](C)c2ccc(C)cc2)c1Br. The van der Waals surface area contributed by atoms with Crippen LogP contribution < -0.4 is 5.32 Å². The van der Waals surface area contributed by atoms with Gasteiger partial charge in [0.2, 0.25) is 0 Å². The van der Waals surface area contributed by atoms with Crippen molar-refractivity contribution in [3.63, 3.8) is 0 Å². The van der Waals surface area contributed by atoms with Gasteiger partial charge in [0.1, 0.15) is 0 Å². The molecular weight excluding hydrogens is 326 g/mol. The molecule has 4 heteroatoms. The second-order valence-corrected chi connectivity index (χ2v) is 6.18. The third-order valence-electron chi connectivity index (χ3n) is 3.85. The maximum atomic E-state index is 4.64. The number of nitrogens with one attached hydrogen (secondary N) is 1. The second kappa shape index (κ2) is 7.23. The smallest absolute Gasteiger partial charge is 0.0767 e. The molecule has 1 aromatic heterocycles. The highest BCUT2D eigenvalue weighted by Gasteiger charge is 2.14. The third kappa shape index (κ3) is 3.74. The summed E-state index contributed by atoms with van der Waals surface area (Å²) in [6.07, 6.45) is 0.952. The van der Waals surface area contributed by atoms with E-state index in [-0.39, 0.29) is 0 Å². The van der Waals surface area contributed by atoms with E-state index in [0.29, 0.717) is 6.04 Å². The van der Waals surface area contributed by atoms with Crippen LogP contribution in [0.3, 0.4) is 0 Å². The molecule has 0 radical (unpaired) electrons. The van der Waals surface area contributed by atoms with E-state index in [1.54, 1.807) is 0 Å². The normalized spacial score (nSPS) is 12.6. The van der Waals surface area contributed by atoms with E-state index in [1.807, 2.05) is 0 Å². The largest absolute Gasteiger partial charge is 0.305 e. The molecule has 0 aliphatic heterocycles. The lowest BCUT2D eigenvalue weighted by atomic mass is 10.1. The van der Waals surface area contributed by atoms with Crippen molar-refractivity contribution in [2.75, 3.05) is 0 Å². The van der Waals surface area contributed by atoms with Crippen molar-refractivity contribution in [1.29, 1.82) is 0 Å². The second-order valence-electron chi connectivity index (χ2n) is 5.39. The van der Waals surface area contributed by atoms with Gasteiger partial charge in [0.05, 0.1) is 15.9 Å². The van der Waals surface area contributed by atoms with Gasteiger partial charge >= 0.3 is 0 Å². The molecule has 114 valence electrons. The lowest BCUT2D eigenvalue weighted by Gasteiger charge is -2.15. The first-order valence-electron chi connectivity index (χ1n) is 7.60. The van der Waals surface area contributed by atoms with Gasteiger partial charge in [-0.2, -0.15) is 5.10 Å². The molecule has 0 saturated carbocycles. The molecule has 21 heavy (non-hydrogen) atoms. The van der Waals surface area contributed by atoms with Gasteiger partial charge in [0.25, 0.3) is 0 Å². The summed E-state index contributed by atoms with van der Waals surface area (Å²) in [5, 5.41) is 8.24. The molecule has 3 nitrogen and oxygen atoms in total. The predicted molar refractivity (Wildman–Crippen MR) is 91.4 cm³/mol. The van der Waals surface area contributed by atoms with E-state index in [9.17, 15) is 0 Å². The van der Waals surface area contributed by atoms with Gasteiger partial charge < -0.3 is 5.32 Å². The first kappa shape index (κ1) is 16.2. The highest BCUT2D eigenvalue weighted by Crippen LogP contribution is 2.23. The van der Waals surface area contributed by atoms with Crippen LogP contribution >= 0.6 is 15.9 Å². The van der Waals surface area contributed by atoms with Crippen molar-refractivity contribution in [1.82, 2.24) is 15.1 Å². The Bertz CT molecular complexity index is 587. The Morgan fingerprint density at radius 1 is 1.24 bits per heavy atom. The fraction of sp³-hybridized carbons (Fsp3) is 0.471. The maximum Gasteiger partial charge on any atom is 0.0767 e. The number of hydrogen-bond donors (Lipinski definition) is 1. The van der Waals surface area contributed by atoms with Crippen LogP contribution in [0, 0.1) is 6.92 Å². The molecule has 0 amide bonds. The summed E-state index contributed by atoms with van der Waals surface area (Å²) in [5.74, 6) is 0. The Morgan fingerprint density at radius 3 is 2.48 bits per heavy atom. The number of hydrogen-bond acceptors (Lipinski definition) is 2. The zero-order chi connectivity index (χ0) is 15.4. The molecular formula is C17H24BrN3. The first-order valence-corrected chi connectivity index (χ1v) is 8.40. The van der Waals surface area contributed by atoms with Crippen LogP contribution in [0.2, 0.25) is 0 Å². The van der Waals surface area contributed by atoms with Crippen molar-refractivity contribution >= 4 is 15.9 Å². The van der Waals surface area contributed by atoms with Gasteiger partial charge in [-0.05, 0) is 48.7 Å². The minimum Gasteiger partial charge on any atom is -0.305 e. The number of benzene rings is 1. The van der Waals surface area contributed by atoms with Crippen LogP contribution in [0.4, 0.5) is 0 Å². The summed E-state index contributed by atoms with van der Waals surface area (Å²) in [6.45, 7) is 10.3.